The summed E-state index contributed by atoms with van der Waals surface area (Å²) in [6.07, 6.45) is 1.94. The molecule has 0 saturated carbocycles. The molecule has 16 heavy (non-hydrogen) atoms. The Morgan fingerprint density at radius 1 is 1.38 bits per heavy atom. The quantitative estimate of drug-likeness (QED) is 0.704. The van der Waals surface area contributed by atoms with E-state index in [1.54, 1.807) is 24.3 Å². The predicted octanol–water partition coefficient (Wildman–Crippen LogP) is 1.59. The fraction of sp³-hybridized carbons (Fsp3) is 0.364. The van der Waals surface area contributed by atoms with Crippen LogP contribution in [-0.4, -0.2) is 28.6 Å². The van der Waals surface area contributed by atoms with Crippen LogP contribution in [0.4, 0.5) is 0 Å². The Morgan fingerprint density at radius 2 is 1.88 bits per heavy atom. The number of aliphatic carboxylic acids is 1. The van der Waals surface area contributed by atoms with Crippen LogP contribution in [-0.2, 0) is 11.2 Å². The van der Waals surface area contributed by atoms with Gasteiger partial charge in [0, 0.05) is 12.4 Å². The number of carboxylic acids is 1. The van der Waals surface area contributed by atoms with Gasteiger partial charge in [0.15, 0.2) is 0 Å². The van der Waals surface area contributed by atoms with E-state index in [4.69, 9.17) is 15.9 Å². The number of benzene rings is 1. The average molecular weight is 246 g/mol. The molecule has 90 valence electrons. The standard InChI is InChI=1S/C10H13NO3.CH3Cl/c11-8(6-10(13)14)5-7-1-3-9(12)4-2-7;1-2/h1-4,8,12H,5-6,11H2,(H,13,14);1H3/t8-;/m0./s1. The first-order valence-electron chi connectivity index (χ1n) is 4.71. The van der Waals surface area contributed by atoms with Gasteiger partial charge in [0.2, 0.25) is 0 Å². The lowest BCUT2D eigenvalue weighted by molar-refractivity contribution is -0.137. The van der Waals surface area contributed by atoms with E-state index in [0.29, 0.717) is 6.42 Å². The van der Waals surface area contributed by atoms with E-state index in [0.717, 1.165) is 5.56 Å². The lowest BCUT2D eigenvalue weighted by Gasteiger charge is -2.08. The van der Waals surface area contributed by atoms with Crippen LogP contribution in [0.1, 0.15) is 12.0 Å². The van der Waals surface area contributed by atoms with E-state index in [1.807, 2.05) is 0 Å². The number of phenolic OH excluding ortho intramolecular Hbond substituents is 1. The highest BCUT2D eigenvalue weighted by Gasteiger charge is 2.08. The molecule has 0 aliphatic heterocycles. The number of rotatable bonds is 4. The van der Waals surface area contributed by atoms with Gasteiger partial charge in [0.25, 0.3) is 0 Å². The minimum Gasteiger partial charge on any atom is -0.508 e. The zero-order chi connectivity index (χ0) is 12.6. The second kappa shape index (κ2) is 7.96. The van der Waals surface area contributed by atoms with Gasteiger partial charge >= 0.3 is 5.97 Å². The van der Waals surface area contributed by atoms with Gasteiger partial charge in [-0.3, -0.25) is 4.79 Å². The molecular weight excluding hydrogens is 230 g/mol. The van der Waals surface area contributed by atoms with Crippen molar-refractivity contribution in [2.75, 3.05) is 6.38 Å². The molecule has 0 bridgehead atoms. The molecule has 1 aromatic rings. The number of hydrogen-bond donors (Lipinski definition) is 3. The Labute approximate surface area is 99.7 Å². The Kier molecular flexibility index (Phi) is 7.33. The summed E-state index contributed by atoms with van der Waals surface area (Å²) >= 11 is 4.64. The van der Waals surface area contributed by atoms with E-state index in [2.05, 4.69) is 11.6 Å². The maximum Gasteiger partial charge on any atom is 0.304 e. The number of phenols is 1. The molecule has 0 saturated heterocycles. The molecule has 0 fully saturated rings. The van der Waals surface area contributed by atoms with Gasteiger partial charge in [0.05, 0.1) is 6.42 Å². The van der Waals surface area contributed by atoms with Crippen molar-refractivity contribution in [3.05, 3.63) is 29.8 Å². The Bertz CT molecular complexity index is 314. The van der Waals surface area contributed by atoms with Crippen LogP contribution in [0.15, 0.2) is 24.3 Å². The zero-order valence-electron chi connectivity index (χ0n) is 9.06. The average Bonchev–Trinajstić information content (AvgIpc) is 2.23. The molecule has 0 aromatic heterocycles. The normalized spacial score (nSPS) is 11.2. The van der Waals surface area contributed by atoms with Gasteiger partial charge in [-0.05, 0) is 24.1 Å². The second-order valence-electron chi connectivity index (χ2n) is 3.23. The predicted molar refractivity (Wildman–Crippen MR) is 63.8 cm³/mol. The van der Waals surface area contributed by atoms with E-state index in [-0.39, 0.29) is 18.2 Å². The van der Waals surface area contributed by atoms with Crippen molar-refractivity contribution in [2.45, 2.75) is 18.9 Å². The van der Waals surface area contributed by atoms with Crippen LogP contribution in [0.2, 0.25) is 0 Å². The lowest BCUT2D eigenvalue weighted by Crippen LogP contribution is -2.26. The van der Waals surface area contributed by atoms with Gasteiger partial charge in [-0.25, -0.2) is 0 Å². The molecule has 0 aliphatic carbocycles. The van der Waals surface area contributed by atoms with Crippen molar-refractivity contribution in [3.63, 3.8) is 0 Å². The van der Waals surface area contributed by atoms with Gasteiger partial charge < -0.3 is 15.9 Å². The highest BCUT2D eigenvalue weighted by molar-refractivity contribution is 6.15. The van der Waals surface area contributed by atoms with Crippen molar-refractivity contribution < 1.29 is 15.0 Å². The fourth-order valence-electron chi connectivity index (χ4n) is 1.23. The molecule has 0 aliphatic rings. The first-order chi connectivity index (χ1) is 7.58. The number of aromatic hydroxyl groups is 1. The Hall–Kier alpha value is -1.26. The van der Waals surface area contributed by atoms with Crippen LogP contribution in [0, 0.1) is 0 Å². The molecule has 0 unspecified atom stereocenters. The van der Waals surface area contributed by atoms with Gasteiger partial charge in [-0.1, -0.05) is 12.1 Å². The molecule has 5 heteroatoms. The smallest absolute Gasteiger partial charge is 0.304 e. The first-order valence-corrected chi connectivity index (χ1v) is 5.46. The highest BCUT2D eigenvalue weighted by atomic mass is 35.5. The SMILES string of the molecule is CCl.N[C@H](CC(=O)O)Cc1ccc(O)cc1. The van der Waals surface area contributed by atoms with Crippen molar-refractivity contribution in [1.29, 1.82) is 0 Å². The van der Waals surface area contributed by atoms with Crippen molar-refractivity contribution in [3.8, 4) is 5.75 Å². The summed E-state index contributed by atoms with van der Waals surface area (Å²) in [6.45, 7) is 0. The lowest BCUT2D eigenvalue weighted by atomic mass is 10.0. The minimum atomic E-state index is -0.892. The maximum atomic E-state index is 10.3. The van der Waals surface area contributed by atoms with Crippen LogP contribution in [0.5, 0.6) is 5.75 Å². The molecule has 4 N–H and O–H groups in total. The number of carboxylic acid groups (broad SMARTS) is 1. The third kappa shape index (κ3) is 6.27. The van der Waals surface area contributed by atoms with E-state index in [1.165, 1.54) is 6.38 Å². The summed E-state index contributed by atoms with van der Waals surface area (Å²) in [6, 6.07) is 6.21. The second-order valence-corrected chi connectivity index (χ2v) is 3.23. The van der Waals surface area contributed by atoms with Crippen LogP contribution in [0.3, 0.4) is 0 Å². The monoisotopic (exact) mass is 245 g/mol. The first kappa shape index (κ1) is 14.7. The van der Waals surface area contributed by atoms with E-state index in [9.17, 15) is 4.79 Å². The van der Waals surface area contributed by atoms with Crippen molar-refractivity contribution in [2.24, 2.45) is 5.73 Å². The minimum absolute atomic E-state index is 0.0408. The number of alkyl halides is 1. The van der Waals surface area contributed by atoms with Gasteiger partial charge in [0.1, 0.15) is 5.75 Å². The third-order valence-corrected chi connectivity index (χ3v) is 1.87. The topological polar surface area (TPSA) is 83.6 Å². The summed E-state index contributed by atoms with van der Waals surface area (Å²) in [5.74, 6) is -0.697. The Balaban J connectivity index is 0.00000106. The molecule has 0 radical (unpaired) electrons. The van der Waals surface area contributed by atoms with E-state index >= 15 is 0 Å². The zero-order valence-corrected chi connectivity index (χ0v) is 9.81. The summed E-state index contributed by atoms with van der Waals surface area (Å²) in [4.78, 5) is 10.3. The highest BCUT2D eigenvalue weighted by Crippen LogP contribution is 2.11. The molecule has 4 nitrogen and oxygen atoms in total. The number of hydrogen-bond acceptors (Lipinski definition) is 3. The van der Waals surface area contributed by atoms with Gasteiger partial charge in [-0.2, -0.15) is 0 Å². The number of carbonyl (C=O) groups is 1. The molecule has 1 atom stereocenters. The summed E-state index contributed by atoms with van der Waals surface area (Å²) < 4.78 is 0. The van der Waals surface area contributed by atoms with Crippen LogP contribution in [0.25, 0.3) is 0 Å². The largest absolute Gasteiger partial charge is 0.508 e. The summed E-state index contributed by atoms with van der Waals surface area (Å²) in [5.41, 5.74) is 6.53. The molecule has 0 amide bonds. The molecular formula is C11H16ClNO3. The van der Waals surface area contributed by atoms with Crippen LogP contribution >= 0.6 is 11.6 Å². The maximum absolute atomic E-state index is 10.3. The van der Waals surface area contributed by atoms with Crippen LogP contribution < -0.4 is 5.73 Å². The van der Waals surface area contributed by atoms with Gasteiger partial charge in [-0.15, -0.1) is 11.6 Å². The van der Waals surface area contributed by atoms with Crippen molar-refractivity contribution in [1.82, 2.24) is 0 Å². The third-order valence-electron chi connectivity index (χ3n) is 1.87. The van der Waals surface area contributed by atoms with Crippen molar-refractivity contribution >= 4 is 17.6 Å². The summed E-state index contributed by atoms with van der Waals surface area (Å²) in [5, 5.41) is 17.5. The Morgan fingerprint density at radius 3 is 2.31 bits per heavy atom. The molecule has 1 aromatic carbocycles. The number of nitrogens with two attached hydrogens (primary N) is 1. The summed E-state index contributed by atoms with van der Waals surface area (Å²) in [7, 11) is 0. The molecule has 0 heterocycles. The fourth-order valence-corrected chi connectivity index (χ4v) is 1.23. The molecule has 1 rings (SSSR count). The van der Waals surface area contributed by atoms with E-state index < -0.39 is 5.97 Å². The molecule has 0 spiro atoms. The number of halogens is 1.